The number of carbonyl (C=O) groups excluding carboxylic acids is 1. The van der Waals surface area contributed by atoms with Gasteiger partial charge in [0.25, 0.3) is 0 Å². The zero-order valence-electron chi connectivity index (χ0n) is 7.10. The van der Waals surface area contributed by atoms with Crippen molar-refractivity contribution in [1.29, 1.82) is 0 Å². The molecule has 0 aromatic heterocycles. The fourth-order valence-electron chi connectivity index (χ4n) is 1.62. The zero-order valence-corrected chi connectivity index (χ0v) is 7.10. The second-order valence-electron chi connectivity index (χ2n) is 3.24. The van der Waals surface area contributed by atoms with Gasteiger partial charge in [-0.3, -0.25) is 4.79 Å². The molecular formula is C11H10O2. The summed E-state index contributed by atoms with van der Waals surface area (Å²) in [5.74, 6) is 0. The first-order chi connectivity index (χ1) is 6.26. The molecule has 2 nitrogen and oxygen atoms in total. The summed E-state index contributed by atoms with van der Waals surface area (Å²) in [6, 6.07) is 7.39. The summed E-state index contributed by atoms with van der Waals surface area (Å²) in [7, 11) is 0. The summed E-state index contributed by atoms with van der Waals surface area (Å²) in [5.41, 5.74) is 0.307. The van der Waals surface area contributed by atoms with Crippen molar-refractivity contribution < 1.29 is 9.90 Å². The highest BCUT2D eigenvalue weighted by atomic mass is 16.3. The smallest absolute Gasteiger partial charge is 0.156 e. The molecule has 0 heterocycles. The number of hydrogen-bond acceptors (Lipinski definition) is 2. The SMILES string of the molecule is O=CC1(O)CC=Cc2ccccc21. The third-order valence-electron chi connectivity index (χ3n) is 2.35. The molecule has 0 saturated heterocycles. The van der Waals surface area contributed by atoms with Crippen LogP contribution in [-0.2, 0) is 10.4 Å². The Hall–Kier alpha value is -1.41. The minimum Gasteiger partial charge on any atom is -0.377 e. The molecule has 0 fully saturated rings. The monoisotopic (exact) mass is 174 g/mol. The first-order valence-corrected chi connectivity index (χ1v) is 4.21. The van der Waals surface area contributed by atoms with Gasteiger partial charge in [0.2, 0.25) is 0 Å². The van der Waals surface area contributed by atoms with Crippen LogP contribution in [0.5, 0.6) is 0 Å². The number of aliphatic hydroxyl groups is 1. The topological polar surface area (TPSA) is 37.3 Å². The van der Waals surface area contributed by atoms with Crippen molar-refractivity contribution >= 4 is 12.4 Å². The highest BCUT2D eigenvalue weighted by Crippen LogP contribution is 2.31. The molecule has 1 aromatic carbocycles. The summed E-state index contributed by atoms with van der Waals surface area (Å²) in [6.07, 6.45) is 4.72. The van der Waals surface area contributed by atoms with Gasteiger partial charge < -0.3 is 5.11 Å². The lowest BCUT2D eigenvalue weighted by molar-refractivity contribution is -0.124. The number of carbonyl (C=O) groups is 1. The van der Waals surface area contributed by atoms with Crippen LogP contribution in [0.25, 0.3) is 6.08 Å². The molecule has 1 aromatic rings. The summed E-state index contributed by atoms with van der Waals surface area (Å²) in [6.45, 7) is 0. The fourth-order valence-corrected chi connectivity index (χ4v) is 1.62. The van der Waals surface area contributed by atoms with Crippen LogP contribution in [0.1, 0.15) is 17.5 Å². The van der Waals surface area contributed by atoms with Crippen molar-refractivity contribution in [3.63, 3.8) is 0 Å². The van der Waals surface area contributed by atoms with Crippen LogP contribution in [0.15, 0.2) is 30.3 Å². The normalized spacial score (nSPS) is 25.3. The second-order valence-corrected chi connectivity index (χ2v) is 3.24. The molecule has 0 spiro atoms. The number of aldehydes is 1. The molecule has 1 aliphatic rings. The fraction of sp³-hybridized carbons (Fsp3) is 0.182. The Bertz CT molecular complexity index is 368. The van der Waals surface area contributed by atoms with Crippen molar-refractivity contribution in [2.24, 2.45) is 0 Å². The van der Waals surface area contributed by atoms with Gasteiger partial charge in [0, 0.05) is 6.42 Å². The molecule has 1 aliphatic carbocycles. The summed E-state index contributed by atoms with van der Waals surface area (Å²) < 4.78 is 0. The summed E-state index contributed by atoms with van der Waals surface area (Å²) in [4.78, 5) is 10.8. The third kappa shape index (κ3) is 1.19. The maximum atomic E-state index is 10.8. The van der Waals surface area contributed by atoms with Crippen LogP contribution in [0.3, 0.4) is 0 Å². The maximum Gasteiger partial charge on any atom is 0.156 e. The average molecular weight is 174 g/mol. The Kier molecular flexibility index (Phi) is 1.78. The molecule has 0 amide bonds. The minimum atomic E-state index is -1.31. The molecule has 0 radical (unpaired) electrons. The molecule has 13 heavy (non-hydrogen) atoms. The lowest BCUT2D eigenvalue weighted by atomic mass is 9.84. The van der Waals surface area contributed by atoms with Crippen molar-refractivity contribution in [2.75, 3.05) is 0 Å². The van der Waals surface area contributed by atoms with E-state index in [4.69, 9.17) is 0 Å². The first kappa shape index (κ1) is 8.20. The van der Waals surface area contributed by atoms with Gasteiger partial charge in [-0.1, -0.05) is 36.4 Å². The van der Waals surface area contributed by atoms with E-state index < -0.39 is 5.60 Å². The van der Waals surface area contributed by atoms with Gasteiger partial charge in [0.1, 0.15) is 5.60 Å². The van der Waals surface area contributed by atoms with E-state index in [1.54, 1.807) is 6.07 Å². The van der Waals surface area contributed by atoms with Crippen molar-refractivity contribution in [1.82, 2.24) is 0 Å². The molecule has 2 heteroatoms. The van der Waals surface area contributed by atoms with E-state index in [9.17, 15) is 9.90 Å². The van der Waals surface area contributed by atoms with E-state index in [1.165, 1.54) is 0 Å². The quantitative estimate of drug-likeness (QED) is 0.655. The van der Waals surface area contributed by atoms with Crippen LogP contribution >= 0.6 is 0 Å². The molecule has 0 aliphatic heterocycles. The van der Waals surface area contributed by atoms with Crippen molar-refractivity contribution in [2.45, 2.75) is 12.0 Å². The summed E-state index contributed by atoms with van der Waals surface area (Å²) in [5, 5.41) is 9.91. The lowest BCUT2D eigenvalue weighted by Gasteiger charge is -2.25. The molecular weight excluding hydrogens is 164 g/mol. The highest BCUT2D eigenvalue weighted by molar-refractivity contribution is 5.73. The molecule has 1 unspecified atom stereocenters. The summed E-state index contributed by atoms with van der Waals surface area (Å²) >= 11 is 0. The van der Waals surface area contributed by atoms with Gasteiger partial charge in [-0.25, -0.2) is 0 Å². The first-order valence-electron chi connectivity index (χ1n) is 4.21. The van der Waals surface area contributed by atoms with Crippen LogP contribution in [0, 0.1) is 0 Å². The van der Waals surface area contributed by atoms with Crippen LogP contribution in [0.2, 0.25) is 0 Å². The number of hydrogen-bond donors (Lipinski definition) is 1. The van der Waals surface area contributed by atoms with E-state index in [2.05, 4.69) is 0 Å². The van der Waals surface area contributed by atoms with Gasteiger partial charge in [-0.2, -0.15) is 0 Å². The molecule has 0 bridgehead atoms. The highest BCUT2D eigenvalue weighted by Gasteiger charge is 2.31. The number of benzene rings is 1. The third-order valence-corrected chi connectivity index (χ3v) is 2.35. The van der Waals surface area contributed by atoms with Gasteiger partial charge >= 0.3 is 0 Å². The minimum absolute atomic E-state index is 0.369. The van der Waals surface area contributed by atoms with E-state index >= 15 is 0 Å². The number of fused-ring (bicyclic) bond motifs is 1. The maximum absolute atomic E-state index is 10.8. The molecule has 2 rings (SSSR count). The predicted octanol–water partition coefficient (Wildman–Crippen LogP) is 1.49. The van der Waals surface area contributed by atoms with Crippen LogP contribution in [-0.4, -0.2) is 11.4 Å². The molecule has 1 atom stereocenters. The van der Waals surface area contributed by atoms with Crippen molar-refractivity contribution in [3.8, 4) is 0 Å². The molecule has 1 N–H and O–H groups in total. The van der Waals surface area contributed by atoms with Crippen LogP contribution < -0.4 is 0 Å². The van der Waals surface area contributed by atoms with E-state index in [1.807, 2.05) is 30.4 Å². The largest absolute Gasteiger partial charge is 0.377 e. The van der Waals surface area contributed by atoms with Gasteiger partial charge in [0.15, 0.2) is 6.29 Å². The van der Waals surface area contributed by atoms with E-state index in [0.29, 0.717) is 18.3 Å². The van der Waals surface area contributed by atoms with E-state index in [0.717, 1.165) is 5.56 Å². The van der Waals surface area contributed by atoms with Crippen molar-refractivity contribution in [3.05, 3.63) is 41.5 Å². The Balaban J connectivity index is 2.61. The Morgan fingerprint density at radius 1 is 1.38 bits per heavy atom. The Morgan fingerprint density at radius 2 is 2.15 bits per heavy atom. The van der Waals surface area contributed by atoms with Gasteiger partial charge in [0.05, 0.1) is 0 Å². The predicted molar refractivity (Wildman–Crippen MR) is 50.1 cm³/mol. The second kappa shape index (κ2) is 2.82. The number of rotatable bonds is 1. The van der Waals surface area contributed by atoms with Gasteiger partial charge in [-0.15, -0.1) is 0 Å². The Morgan fingerprint density at radius 3 is 2.92 bits per heavy atom. The molecule has 0 saturated carbocycles. The molecule has 66 valence electrons. The van der Waals surface area contributed by atoms with Gasteiger partial charge in [-0.05, 0) is 11.1 Å². The lowest BCUT2D eigenvalue weighted by Crippen LogP contribution is -2.29. The Labute approximate surface area is 76.5 Å². The average Bonchev–Trinajstić information content (AvgIpc) is 2.19. The van der Waals surface area contributed by atoms with E-state index in [-0.39, 0.29) is 0 Å². The standard InChI is InChI=1S/C11H10O2/c12-8-11(13)7-3-5-9-4-1-2-6-10(9)11/h1-6,8,13H,7H2. The van der Waals surface area contributed by atoms with Crippen LogP contribution in [0.4, 0.5) is 0 Å². The zero-order chi connectivity index (χ0) is 9.31.